The zero-order chi connectivity index (χ0) is 12.4. The number of hydrogen-bond donors (Lipinski definition) is 1. The van der Waals surface area contributed by atoms with E-state index in [9.17, 15) is 0 Å². The molecule has 4 nitrogen and oxygen atoms in total. The van der Waals surface area contributed by atoms with Gasteiger partial charge in [-0.05, 0) is 37.5 Å². The predicted octanol–water partition coefficient (Wildman–Crippen LogP) is 2.10. The van der Waals surface area contributed by atoms with Crippen LogP contribution in [-0.2, 0) is 6.54 Å². The minimum absolute atomic E-state index is 0.694. The minimum Gasteiger partial charge on any atom is -0.308 e. The highest BCUT2D eigenvalue weighted by molar-refractivity contribution is 5.53. The van der Waals surface area contributed by atoms with Crippen LogP contribution in [0.25, 0.3) is 11.5 Å². The van der Waals surface area contributed by atoms with Gasteiger partial charge in [0.05, 0.1) is 5.69 Å². The Morgan fingerprint density at radius 1 is 1.22 bits per heavy atom. The van der Waals surface area contributed by atoms with Gasteiger partial charge in [0, 0.05) is 25.0 Å². The fourth-order valence-electron chi connectivity index (χ4n) is 1.86. The molecule has 1 aliphatic carbocycles. The second-order valence-corrected chi connectivity index (χ2v) is 4.70. The lowest BCUT2D eigenvalue weighted by Crippen LogP contribution is -2.16. The highest BCUT2D eigenvalue weighted by Gasteiger charge is 2.20. The summed E-state index contributed by atoms with van der Waals surface area (Å²) >= 11 is 0. The van der Waals surface area contributed by atoms with Gasteiger partial charge in [-0.15, -0.1) is 0 Å². The van der Waals surface area contributed by atoms with E-state index in [1.807, 2.05) is 25.1 Å². The van der Waals surface area contributed by atoms with Gasteiger partial charge in [-0.2, -0.15) is 0 Å². The van der Waals surface area contributed by atoms with Gasteiger partial charge in [-0.25, -0.2) is 9.97 Å². The number of nitrogens with one attached hydrogen (secondary N) is 1. The molecular formula is C14H16N4. The van der Waals surface area contributed by atoms with Crippen molar-refractivity contribution >= 4 is 0 Å². The van der Waals surface area contributed by atoms with Crippen molar-refractivity contribution in [3.05, 3.63) is 41.9 Å². The first kappa shape index (κ1) is 11.3. The van der Waals surface area contributed by atoms with Crippen LogP contribution in [0.15, 0.2) is 30.6 Å². The Hall–Kier alpha value is -1.81. The molecule has 0 atom stereocenters. The summed E-state index contributed by atoms with van der Waals surface area (Å²) in [5.74, 6) is 0.711. The average molecular weight is 240 g/mol. The Morgan fingerprint density at radius 3 is 2.89 bits per heavy atom. The summed E-state index contributed by atoms with van der Waals surface area (Å²) in [6.45, 7) is 2.84. The molecule has 2 heterocycles. The van der Waals surface area contributed by atoms with Gasteiger partial charge in [0.15, 0.2) is 5.82 Å². The molecule has 1 saturated carbocycles. The predicted molar refractivity (Wildman–Crippen MR) is 69.9 cm³/mol. The molecule has 0 bridgehead atoms. The van der Waals surface area contributed by atoms with Gasteiger partial charge in [0.2, 0.25) is 0 Å². The highest BCUT2D eigenvalue weighted by Crippen LogP contribution is 2.19. The third kappa shape index (κ3) is 2.54. The molecule has 0 radical (unpaired) electrons. The third-order valence-electron chi connectivity index (χ3n) is 3.08. The van der Waals surface area contributed by atoms with Crippen molar-refractivity contribution in [2.75, 3.05) is 0 Å². The Morgan fingerprint density at radius 2 is 2.11 bits per heavy atom. The number of aryl methyl sites for hydroxylation is 1. The van der Waals surface area contributed by atoms with E-state index in [2.05, 4.69) is 20.3 Å². The quantitative estimate of drug-likeness (QED) is 0.889. The highest BCUT2D eigenvalue weighted by atomic mass is 15.0. The molecule has 1 aliphatic rings. The van der Waals surface area contributed by atoms with Gasteiger partial charge < -0.3 is 5.32 Å². The maximum absolute atomic E-state index is 4.57. The summed E-state index contributed by atoms with van der Waals surface area (Å²) in [4.78, 5) is 13.2. The Labute approximate surface area is 107 Å². The summed E-state index contributed by atoms with van der Waals surface area (Å²) < 4.78 is 0. The molecule has 0 spiro atoms. The second-order valence-electron chi connectivity index (χ2n) is 4.70. The fraction of sp³-hybridized carbons (Fsp3) is 0.357. The lowest BCUT2D eigenvalue weighted by molar-refractivity contribution is 0.673. The zero-order valence-electron chi connectivity index (χ0n) is 10.4. The lowest BCUT2D eigenvalue weighted by atomic mass is 10.2. The fourth-order valence-corrected chi connectivity index (χ4v) is 1.86. The van der Waals surface area contributed by atoms with Crippen molar-refractivity contribution in [1.82, 2.24) is 20.3 Å². The summed E-state index contributed by atoms with van der Waals surface area (Å²) in [5, 5.41) is 3.46. The smallest absolute Gasteiger partial charge is 0.178 e. The van der Waals surface area contributed by atoms with Crippen molar-refractivity contribution in [2.45, 2.75) is 32.4 Å². The summed E-state index contributed by atoms with van der Waals surface area (Å²) in [6, 6.07) is 6.61. The monoisotopic (exact) mass is 240 g/mol. The van der Waals surface area contributed by atoms with Gasteiger partial charge in [0.1, 0.15) is 5.69 Å². The molecule has 1 fully saturated rings. The normalized spacial score (nSPS) is 14.7. The molecule has 2 aromatic rings. The molecule has 0 unspecified atom stereocenters. The van der Waals surface area contributed by atoms with E-state index < -0.39 is 0 Å². The molecule has 0 saturated heterocycles. The van der Waals surface area contributed by atoms with Crippen LogP contribution in [0.1, 0.15) is 24.1 Å². The number of pyridine rings is 1. The molecule has 1 N–H and O–H groups in total. The van der Waals surface area contributed by atoms with Crippen LogP contribution in [0.4, 0.5) is 0 Å². The Bertz CT molecular complexity index is 549. The van der Waals surface area contributed by atoms with E-state index in [0.29, 0.717) is 11.9 Å². The van der Waals surface area contributed by atoms with E-state index >= 15 is 0 Å². The Balaban J connectivity index is 1.83. The van der Waals surface area contributed by atoms with Crippen LogP contribution in [0.5, 0.6) is 0 Å². The molecule has 3 rings (SSSR count). The van der Waals surface area contributed by atoms with Crippen molar-refractivity contribution in [2.24, 2.45) is 0 Å². The van der Waals surface area contributed by atoms with E-state index in [1.54, 1.807) is 12.4 Å². The van der Waals surface area contributed by atoms with Crippen molar-refractivity contribution in [3.63, 3.8) is 0 Å². The standard InChI is InChI=1S/C14H16N4/c1-10-3-2-7-15-13(10)14-16-8-6-12(18-14)9-17-11-4-5-11/h2-3,6-8,11,17H,4-5,9H2,1H3. The summed E-state index contributed by atoms with van der Waals surface area (Å²) in [6.07, 6.45) is 6.16. The lowest BCUT2D eigenvalue weighted by Gasteiger charge is -2.06. The van der Waals surface area contributed by atoms with E-state index in [0.717, 1.165) is 23.5 Å². The van der Waals surface area contributed by atoms with Gasteiger partial charge >= 0.3 is 0 Å². The molecule has 18 heavy (non-hydrogen) atoms. The number of aromatic nitrogens is 3. The summed E-state index contributed by atoms with van der Waals surface area (Å²) in [7, 11) is 0. The van der Waals surface area contributed by atoms with Crippen LogP contribution in [0.2, 0.25) is 0 Å². The molecule has 4 heteroatoms. The molecule has 2 aromatic heterocycles. The second kappa shape index (κ2) is 4.82. The van der Waals surface area contributed by atoms with Crippen LogP contribution in [-0.4, -0.2) is 21.0 Å². The SMILES string of the molecule is Cc1cccnc1-c1nccc(CNC2CC2)n1. The molecule has 0 aromatic carbocycles. The van der Waals surface area contributed by atoms with Gasteiger partial charge in [-0.1, -0.05) is 6.07 Å². The van der Waals surface area contributed by atoms with Crippen molar-refractivity contribution in [3.8, 4) is 11.5 Å². The molecule has 0 aliphatic heterocycles. The van der Waals surface area contributed by atoms with E-state index in [4.69, 9.17) is 0 Å². The zero-order valence-corrected chi connectivity index (χ0v) is 10.4. The number of nitrogens with zero attached hydrogens (tertiary/aromatic N) is 3. The first-order valence-corrected chi connectivity index (χ1v) is 6.30. The third-order valence-corrected chi connectivity index (χ3v) is 3.08. The largest absolute Gasteiger partial charge is 0.308 e. The van der Waals surface area contributed by atoms with Crippen LogP contribution < -0.4 is 5.32 Å². The van der Waals surface area contributed by atoms with Crippen LogP contribution in [0.3, 0.4) is 0 Å². The molecule has 0 amide bonds. The van der Waals surface area contributed by atoms with Crippen molar-refractivity contribution in [1.29, 1.82) is 0 Å². The van der Waals surface area contributed by atoms with Crippen LogP contribution in [0, 0.1) is 6.92 Å². The average Bonchev–Trinajstić information content (AvgIpc) is 3.21. The molecular weight excluding hydrogens is 224 g/mol. The first-order valence-electron chi connectivity index (χ1n) is 6.30. The van der Waals surface area contributed by atoms with Gasteiger partial charge in [0.25, 0.3) is 0 Å². The maximum atomic E-state index is 4.57. The minimum atomic E-state index is 0.694. The summed E-state index contributed by atoms with van der Waals surface area (Å²) in [5.41, 5.74) is 2.99. The number of rotatable bonds is 4. The first-order chi connectivity index (χ1) is 8.83. The topological polar surface area (TPSA) is 50.7 Å². The van der Waals surface area contributed by atoms with E-state index in [-0.39, 0.29) is 0 Å². The van der Waals surface area contributed by atoms with Crippen LogP contribution >= 0.6 is 0 Å². The van der Waals surface area contributed by atoms with Crippen molar-refractivity contribution < 1.29 is 0 Å². The maximum Gasteiger partial charge on any atom is 0.178 e. The Kier molecular flexibility index (Phi) is 3.02. The number of hydrogen-bond acceptors (Lipinski definition) is 4. The van der Waals surface area contributed by atoms with E-state index in [1.165, 1.54) is 12.8 Å². The molecule has 92 valence electrons. The van der Waals surface area contributed by atoms with Gasteiger partial charge in [-0.3, -0.25) is 4.98 Å².